The van der Waals surface area contributed by atoms with Crippen LogP contribution in [0.2, 0.25) is 0 Å². The van der Waals surface area contributed by atoms with Crippen molar-refractivity contribution in [3.05, 3.63) is 36.0 Å². The Morgan fingerprint density at radius 1 is 1.33 bits per heavy atom. The Labute approximate surface area is 127 Å². The molecule has 116 valence electrons. The van der Waals surface area contributed by atoms with Crippen molar-refractivity contribution >= 4 is 21.6 Å². The molecule has 5 nitrogen and oxygen atoms in total. The minimum absolute atomic E-state index is 0.659. The highest BCUT2D eigenvalue weighted by atomic mass is 32.2. The summed E-state index contributed by atoms with van der Waals surface area (Å²) in [6, 6.07) is 4.04. The molecule has 0 spiro atoms. The lowest BCUT2D eigenvalue weighted by molar-refractivity contribution is 0.520. The van der Waals surface area contributed by atoms with Crippen LogP contribution in [0.25, 0.3) is 0 Å². The minimum atomic E-state index is -3.58. The first kappa shape index (κ1) is 15.9. The zero-order valence-electron chi connectivity index (χ0n) is 13.1. The SMILES string of the molecule is C=CN(c1cc2c(cc1C)CCCN2C)S(=O)(=O)N(C)C. The van der Waals surface area contributed by atoms with Crippen molar-refractivity contribution in [1.82, 2.24) is 4.31 Å². The van der Waals surface area contributed by atoms with Crippen molar-refractivity contribution in [2.45, 2.75) is 19.8 Å². The molecule has 0 N–H and O–H groups in total. The van der Waals surface area contributed by atoms with Crippen LogP contribution in [0, 0.1) is 6.92 Å². The van der Waals surface area contributed by atoms with Gasteiger partial charge in [0.25, 0.3) is 0 Å². The zero-order chi connectivity index (χ0) is 15.8. The zero-order valence-corrected chi connectivity index (χ0v) is 13.9. The summed E-state index contributed by atoms with van der Waals surface area (Å²) in [5, 5.41) is 0. The van der Waals surface area contributed by atoms with Crippen molar-refractivity contribution in [3.63, 3.8) is 0 Å². The quantitative estimate of drug-likeness (QED) is 0.856. The Hall–Kier alpha value is -1.53. The topological polar surface area (TPSA) is 43.9 Å². The average molecular weight is 309 g/mol. The predicted octanol–water partition coefficient (Wildman–Crippen LogP) is 2.13. The van der Waals surface area contributed by atoms with E-state index in [9.17, 15) is 8.42 Å². The third-order valence-corrected chi connectivity index (χ3v) is 5.63. The third kappa shape index (κ3) is 2.78. The molecule has 1 aliphatic heterocycles. The van der Waals surface area contributed by atoms with E-state index < -0.39 is 10.2 Å². The Bertz CT molecular complexity index is 653. The number of fused-ring (bicyclic) bond motifs is 1. The lowest BCUT2D eigenvalue weighted by Gasteiger charge is -2.31. The van der Waals surface area contributed by atoms with E-state index in [-0.39, 0.29) is 0 Å². The summed E-state index contributed by atoms with van der Waals surface area (Å²) in [6.45, 7) is 6.59. The van der Waals surface area contributed by atoms with Crippen LogP contribution in [0.4, 0.5) is 11.4 Å². The van der Waals surface area contributed by atoms with E-state index in [4.69, 9.17) is 0 Å². The van der Waals surface area contributed by atoms with Crippen molar-refractivity contribution in [1.29, 1.82) is 0 Å². The summed E-state index contributed by atoms with van der Waals surface area (Å²) in [7, 11) is 1.50. The van der Waals surface area contributed by atoms with Crippen LogP contribution in [-0.2, 0) is 16.6 Å². The van der Waals surface area contributed by atoms with E-state index in [2.05, 4.69) is 17.5 Å². The summed E-state index contributed by atoms with van der Waals surface area (Å²) >= 11 is 0. The maximum atomic E-state index is 12.4. The molecule has 1 aliphatic rings. The van der Waals surface area contributed by atoms with E-state index >= 15 is 0 Å². The fraction of sp³-hybridized carbons (Fsp3) is 0.467. The molecule has 2 rings (SSSR count). The largest absolute Gasteiger partial charge is 0.374 e. The molecule has 0 unspecified atom stereocenters. The Morgan fingerprint density at radius 2 is 2.00 bits per heavy atom. The molecule has 0 fully saturated rings. The van der Waals surface area contributed by atoms with Gasteiger partial charge in [-0.2, -0.15) is 12.7 Å². The van der Waals surface area contributed by atoms with Crippen LogP contribution in [0.3, 0.4) is 0 Å². The first-order chi connectivity index (χ1) is 9.78. The van der Waals surface area contributed by atoms with Gasteiger partial charge in [-0.05, 0) is 37.0 Å². The van der Waals surface area contributed by atoms with Gasteiger partial charge in [0, 0.05) is 39.6 Å². The van der Waals surface area contributed by atoms with Crippen LogP contribution in [-0.4, -0.2) is 40.4 Å². The highest BCUT2D eigenvalue weighted by molar-refractivity contribution is 7.90. The first-order valence-electron chi connectivity index (χ1n) is 6.98. The predicted molar refractivity (Wildman–Crippen MR) is 88.1 cm³/mol. The molecule has 0 radical (unpaired) electrons. The van der Waals surface area contributed by atoms with Gasteiger partial charge in [0.2, 0.25) is 0 Å². The van der Waals surface area contributed by atoms with E-state index in [1.165, 1.54) is 34.5 Å². The molecule has 0 atom stereocenters. The van der Waals surface area contributed by atoms with Gasteiger partial charge in [0.05, 0.1) is 5.69 Å². The molecule has 1 heterocycles. The molecular formula is C15H23N3O2S. The molecule has 0 aromatic heterocycles. The van der Waals surface area contributed by atoms with Gasteiger partial charge in [-0.15, -0.1) is 0 Å². The Morgan fingerprint density at radius 3 is 2.57 bits per heavy atom. The summed E-state index contributed by atoms with van der Waals surface area (Å²) in [4.78, 5) is 2.17. The average Bonchev–Trinajstić information content (AvgIpc) is 2.40. The van der Waals surface area contributed by atoms with Crippen LogP contribution >= 0.6 is 0 Å². The lowest BCUT2D eigenvalue weighted by atomic mass is 9.99. The summed E-state index contributed by atoms with van der Waals surface area (Å²) < 4.78 is 27.3. The maximum Gasteiger partial charge on any atom is 0.307 e. The maximum absolute atomic E-state index is 12.4. The van der Waals surface area contributed by atoms with Gasteiger partial charge >= 0.3 is 10.2 Å². The fourth-order valence-corrected chi connectivity index (χ4v) is 3.64. The summed E-state index contributed by atoms with van der Waals surface area (Å²) in [5.41, 5.74) is 3.97. The summed E-state index contributed by atoms with van der Waals surface area (Å²) in [6.07, 6.45) is 3.52. The highest BCUT2D eigenvalue weighted by Gasteiger charge is 2.26. The Kier molecular flexibility index (Phi) is 4.30. The number of aryl methyl sites for hydroxylation is 2. The monoisotopic (exact) mass is 309 g/mol. The standard InChI is InChI=1S/C15H23N3O2S/c1-6-18(21(19,20)16(3)4)14-11-15-13(10-12(14)2)8-7-9-17(15)5/h6,10-11H,1,7-9H2,2-5H3. The van der Waals surface area contributed by atoms with Gasteiger partial charge in [-0.25, -0.2) is 4.31 Å². The molecule has 0 bridgehead atoms. The Balaban J connectivity index is 2.58. The molecule has 0 aliphatic carbocycles. The third-order valence-electron chi connectivity index (χ3n) is 3.86. The smallest absolute Gasteiger partial charge is 0.307 e. The molecule has 0 amide bonds. The van der Waals surface area contributed by atoms with Gasteiger partial charge in [-0.1, -0.05) is 12.6 Å². The molecule has 1 aromatic rings. The number of benzene rings is 1. The van der Waals surface area contributed by atoms with Gasteiger partial charge in [0.15, 0.2) is 0 Å². The molecule has 1 aromatic carbocycles. The lowest BCUT2D eigenvalue weighted by Crippen LogP contribution is -2.37. The minimum Gasteiger partial charge on any atom is -0.374 e. The van der Waals surface area contributed by atoms with E-state index in [0.717, 1.165) is 30.6 Å². The normalized spacial score (nSPS) is 15.0. The second-order valence-corrected chi connectivity index (χ2v) is 7.58. The first-order valence-corrected chi connectivity index (χ1v) is 8.38. The van der Waals surface area contributed by atoms with Crippen LogP contribution in [0.1, 0.15) is 17.5 Å². The van der Waals surface area contributed by atoms with Crippen molar-refractivity contribution in [2.24, 2.45) is 0 Å². The number of rotatable bonds is 4. The van der Waals surface area contributed by atoms with Gasteiger partial charge in [-0.3, -0.25) is 0 Å². The molecule has 21 heavy (non-hydrogen) atoms. The second-order valence-electron chi connectivity index (χ2n) is 5.56. The van der Waals surface area contributed by atoms with Crippen molar-refractivity contribution in [2.75, 3.05) is 36.9 Å². The fourth-order valence-electron chi connectivity index (χ4n) is 2.66. The van der Waals surface area contributed by atoms with Crippen LogP contribution in [0.5, 0.6) is 0 Å². The molecule has 0 saturated heterocycles. The number of nitrogens with zero attached hydrogens (tertiary/aromatic N) is 3. The molecule has 6 heteroatoms. The van der Waals surface area contributed by atoms with E-state index in [0.29, 0.717) is 5.69 Å². The molecule has 0 saturated carbocycles. The molecular weight excluding hydrogens is 286 g/mol. The van der Waals surface area contributed by atoms with Crippen molar-refractivity contribution in [3.8, 4) is 0 Å². The summed E-state index contributed by atoms with van der Waals surface area (Å²) in [5.74, 6) is 0. The number of hydrogen-bond donors (Lipinski definition) is 0. The van der Waals surface area contributed by atoms with Crippen molar-refractivity contribution < 1.29 is 8.42 Å². The number of anilines is 2. The van der Waals surface area contributed by atoms with Crippen LogP contribution in [0.15, 0.2) is 24.9 Å². The van der Waals surface area contributed by atoms with E-state index in [1.807, 2.05) is 20.0 Å². The van der Waals surface area contributed by atoms with E-state index in [1.54, 1.807) is 0 Å². The van der Waals surface area contributed by atoms with Gasteiger partial charge in [0.1, 0.15) is 0 Å². The van der Waals surface area contributed by atoms with Gasteiger partial charge < -0.3 is 4.90 Å². The number of hydrogen-bond acceptors (Lipinski definition) is 3. The second kappa shape index (κ2) is 5.69. The van der Waals surface area contributed by atoms with Crippen LogP contribution < -0.4 is 9.21 Å². The highest BCUT2D eigenvalue weighted by Crippen LogP contribution is 2.34.